The molecule has 13 heavy (non-hydrogen) atoms. The predicted molar refractivity (Wildman–Crippen MR) is 56.2 cm³/mol. The molecule has 0 unspecified atom stereocenters. The molecule has 1 rings (SSSR count). The van der Waals surface area contributed by atoms with E-state index in [1.807, 2.05) is 24.3 Å². The molecule has 0 saturated carbocycles. The number of rotatable bonds is 3. The van der Waals surface area contributed by atoms with Gasteiger partial charge in [-0.2, -0.15) is 0 Å². The van der Waals surface area contributed by atoms with Crippen molar-refractivity contribution in [2.45, 2.75) is 20.5 Å². The van der Waals surface area contributed by atoms with Crippen LogP contribution in [-0.4, -0.2) is 5.11 Å². The van der Waals surface area contributed by atoms with Crippen LogP contribution in [0.2, 0.25) is 0 Å². The molecular weight excluding hydrogens is 160 g/mol. The summed E-state index contributed by atoms with van der Waals surface area (Å²) in [4.78, 5) is 0. The molecule has 0 saturated heterocycles. The molecule has 1 aromatic rings. The third-order valence-corrected chi connectivity index (χ3v) is 1.84. The molecule has 0 aliphatic carbocycles. The second kappa shape index (κ2) is 4.83. The van der Waals surface area contributed by atoms with Crippen LogP contribution in [0.25, 0.3) is 6.08 Å². The van der Waals surface area contributed by atoms with E-state index >= 15 is 0 Å². The van der Waals surface area contributed by atoms with Gasteiger partial charge in [0, 0.05) is 0 Å². The molecule has 0 bridgehead atoms. The zero-order chi connectivity index (χ0) is 9.68. The van der Waals surface area contributed by atoms with Crippen molar-refractivity contribution in [2.75, 3.05) is 0 Å². The maximum Gasteiger partial charge on any atom is 0.0681 e. The lowest BCUT2D eigenvalue weighted by molar-refractivity contribution is 0.282. The van der Waals surface area contributed by atoms with Crippen molar-refractivity contribution >= 4 is 6.08 Å². The second-order valence-electron chi connectivity index (χ2n) is 3.50. The normalized spacial score (nSPS) is 11.4. The van der Waals surface area contributed by atoms with Crippen LogP contribution in [-0.2, 0) is 6.61 Å². The van der Waals surface area contributed by atoms with E-state index in [1.54, 1.807) is 0 Å². The van der Waals surface area contributed by atoms with Crippen molar-refractivity contribution in [3.05, 3.63) is 41.5 Å². The summed E-state index contributed by atoms with van der Waals surface area (Å²) in [6.07, 6.45) is 4.26. The lowest BCUT2D eigenvalue weighted by Crippen LogP contribution is -1.82. The number of aliphatic hydroxyl groups is 1. The number of aliphatic hydroxyl groups excluding tert-OH is 1. The molecule has 1 N–H and O–H groups in total. The molecule has 1 heteroatoms. The summed E-state index contributed by atoms with van der Waals surface area (Å²) >= 11 is 0. The highest BCUT2D eigenvalue weighted by Gasteiger charge is 1.90. The highest BCUT2D eigenvalue weighted by Crippen LogP contribution is 2.07. The standard InChI is InChI=1S/C12H16O/c1-10(2)3-4-11-5-7-12(9-13)8-6-11/h3-8,10,13H,9H2,1-2H3/b4-3+. The lowest BCUT2D eigenvalue weighted by Gasteiger charge is -1.98. The average Bonchev–Trinajstić information content (AvgIpc) is 2.15. The Morgan fingerprint density at radius 3 is 2.31 bits per heavy atom. The largest absolute Gasteiger partial charge is 0.392 e. The first-order chi connectivity index (χ1) is 6.22. The minimum atomic E-state index is 0.119. The predicted octanol–water partition coefficient (Wildman–Crippen LogP) is 2.85. The summed E-state index contributed by atoms with van der Waals surface area (Å²) in [6, 6.07) is 7.93. The second-order valence-corrected chi connectivity index (χ2v) is 3.50. The minimum absolute atomic E-state index is 0.119. The van der Waals surface area contributed by atoms with Crippen LogP contribution in [0.3, 0.4) is 0 Å². The van der Waals surface area contributed by atoms with Crippen molar-refractivity contribution in [1.29, 1.82) is 0 Å². The third-order valence-electron chi connectivity index (χ3n) is 1.84. The Morgan fingerprint density at radius 1 is 1.23 bits per heavy atom. The SMILES string of the molecule is CC(C)/C=C/c1ccc(CO)cc1. The fourth-order valence-corrected chi connectivity index (χ4v) is 1.04. The number of benzene rings is 1. The van der Waals surface area contributed by atoms with Gasteiger partial charge in [0.1, 0.15) is 0 Å². The Kier molecular flexibility index (Phi) is 3.71. The van der Waals surface area contributed by atoms with Gasteiger partial charge in [-0.25, -0.2) is 0 Å². The van der Waals surface area contributed by atoms with E-state index in [1.165, 1.54) is 5.56 Å². The van der Waals surface area contributed by atoms with Crippen LogP contribution in [0.4, 0.5) is 0 Å². The van der Waals surface area contributed by atoms with Gasteiger partial charge < -0.3 is 5.11 Å². The van der Waals surface area contributed by atoms with Gasteiger partial charge in [-0.15, -0.1) is 0 Å². The molecule has 0 amide bonds. The minimum Gasteiger partial charge on any atom is -0.392 e. The molecular formula is C12H16O. The van der Waals surface area contributed by atoms with Crippen molar-refractivity contribution < 1.29 is 5.11 Å². The lowest BCUT2D eigenvalue weighted by atomic mass is 10.1. The molecule has 0 fully saturated rings. The van der Waals surface area contributed by atoms with Crippen LogP contribution in [0, 0.1) is 5.92 Å². The molecule has 0 spiro atoms. The van der Waals surface area contributed by atoms with Gasteiger partial charge in [-0.1, -0.05) is 50.3 Å². The van der Waals surface area contributed by atoms with E-state index in [-0.39, 0.29) is 6.61 Å². The van der Waals surface area contributed by atoms with Crippen LogP contribution in [0.5, 0.6) is 0 Å². The van der Waals surface area contributed by atoms with Crippen molar-refractivity contribution in [3.63, 3.8) is 0 Å². The summed E-state index contributed by atoms with van der Waals surface area (Å²) in [5.74, 6) is 0.581. The van der Waals surface area contributed by atoms with E-state index in [4.69, 9.17) is 5.11 Å². The quantitative estimate of drug-likeness (QED) is 0.750. The van der Waals surface area contributed by atoms with Crippen LogP contribution >= 0.6 is 0 Å². The highest BCUT2D eigenvalue weighted by molar-refractivity contribution is 5.49. The third kappa shape index (κ3) is 3.43. The summed E-state index contributed by atoms with van der Waals surface area (Å²) in [6.45, 7) is 4.42. The van der Waals surface area contributed by atoms with Crippen molar-refractivity contribution in [3.8, 4) is 0 Å². The fourth-order valence-electron chi connectivity index (χ4n) is 1.04. The van der Waals surface area contributed by atoms with Crippen molar-refractivity contribution in [2.24, 2.45) is 5.92 Å². The molecule has 0 aromatic heterocycles. The van der Waals surface area contributed by atoms with Crippen LogP contribution < -0.4 is 0 Å². The Bertz CT molecular complexity index is 270. The van der Waals surface area contributed by atoms with Gasteiger partial charge in [-0.05, 0) is 17.0 Å². The number of hydrogen-bond acceptors (Lipinski definition) is 1. The molecule has 1 nitrogen and oxygen atoms in total. The smallest absolute Gasteiger partial charge is 0.0681 e. The first kappa shape index (κ1) is 10.0. The maximum absolute atomic E-state index is 8.83. The first-order valence-electron chi connectivity index (χ1n) is 4.60. The monoisotopic (exact) mass is 176 g/mol. The highest BCUT2D eigenvalue weighted by atomic mass is 16.3. The molecule has 0 heterocycles. The molecule has 1 aromatic carbocycles. The van der Waals surface area contributed by atoms with Crippen LogP contribution in [0.15, 0.2) is 30.3 Å². The molecule has 0 atom stereocenters. The van der Waals surface area contributed by atoms with E-state index in [2.05, 4.69) is 26.0 Å². The van der Waals surface area contributed by atoms with E-state index < -0.39 is 0 Å². The van der Waals surface area contributed by atoms with Gasteiger partial charge >= 0.3 is 0 Å². The zero-order valence-corrected chi connectivity index (χ0v) is 8.20. The number of hydrogen-bond donors (Lipinski definition) is 1. The number of allylic oxidation sites excluding steroid dienone is 1. The summed E-state index contributed by atoms with van der Waals surface area (Å²) in [7, 11) is 0. The fraction of sp³-hybridized carbons (Fsp3) is 0.333. The van der Waals surface area contributed by atoms with Crippen LogP contribution in [0.1, 0.15) is 25.0 Å². The van der Waals surface area contributed by atoms with E-state index in [0.717, 1.165) is 5.56 Å². The van der Waals surface area contributed by atoms with E-state index in [9.17, 15) is 0 Å². The van der Waals surface area contributed by atoms with Gasteiger partial charge in [0.2, 0.25) is 0 Å². The van der Waals surface area contributed by atoms with Gasteiger partial charge in [0.25, 0.3) is 0 Å². The van der Waals surface area contributed by atoms with Gasteiger partial charge in [0.15, 0.2) is 0 Å². The topological polar surface area (TPSA) is 20.2 Å². The average molecular weight is 176 g/mol. The Morgan fingerprint density at radius 2 is 1.85 bits per heavy atom. The van der Waals surface area contributed by atoms with Gasteiger partial charge in [0.05, 0.1) is 6.61 Å². The Hall–Kier alpha value is -1.08. The molecule has 70 valence electrons. The summed E-state index contributed by atoms with van der Waals surface area (Å²) in [5, 5.41) is 8.83. The Balaban J connectivity index is 2.69. The zero-order valence-electron chi connectivity index (χ0n) is 8.20. The molecule has 0 radical (unpaired) electrons. The maximum atomic E-state index is 8.83. The summed E-state index contributed by atoms with van der Waals surface area (Å²) in [5.41, 5.74) is 2.15. The first-order valence-corrected chi connectivity index (χ1v) is 4.60. The Labute approximate surface area is 79.7 Å². The molecule has 0 aliphatic heterocycles. The van der Waals surface area contributed by atoms with E-state index in [0.29, 0.717) is 5.92 Å². The van der Waals surface area contributed by atoms with Crippen molar-refractivity contribution in [1.82, 2.24) is 0 Å². The van der Waals surface area contributed by atoms with Gasteiger partial charge in [-0.3, -0.25) is 0 Å². The summed E-state index contributed by atoms with van der Waals surface area (Å²) < 4.78 is 0. The molecule has 0 aliphatic rings.